The molecule has 1 heterocycles. The molecule has 0 unspecified atom stereocenters. The number of nitrogens with one attached hydrogen (secondary N) is 1. The molecule has 0 fully saturated rings. The largest absolute Gasteiger partial charge is 0.322 e. The van der Waals surface area contributed by atoms with Crippen LogP contribution in [0.25, 0.3) is 11.1 Å². The molecule has 8 heteroatoms. The minimum atomic E-state index is -0.960. The molecule has 1 aromatic heterocycles. The standard InChI is InChI=1S/C23H17FN4O3/c24-21-11-10-18(14-22(21)28(30)31)26-23(29)20-5-2-1-4-19(20)17-8-6-16(7-9-17)15-27-13-3-12-25-27/h1-14H,15H2,(H,26,29). The molecule has 0 aliphatic heterocycles. The van der Waals surface area contributed by atoms with Crippen molar-refractivity contribution in [1.29, 1.82) is 0 Å². The van der Waals surface area contributed by atoms with Crippen LogP contribution in [0.5, 0.6) is 0 Å². The number of hydrogen-bond donors (Lipinski definition) is 1. The molecule has 0 aliphatic carbocycles. The number of amides is 1. The van der Waals surface area contributed by atoms with Gasteiger partial charge in [0.05, 0.1) is 11.5 Å². The predicted octanol–water partition coefficient (Wildman–Crippen LogP) is 4.90. The average Bonchev–Trinajstić information content (AvgIpc) is 3.28. The third-order valence-electron chi connectivity index (χ3n) is 4.74. The van der Waals surface area contributed by atoms with E-state index in [0.29, 0.717) is 17.7 Å². The van der Waals surface area contributed by atoms with Crippen LogP contribution in [0.15, 0.2) is 85.2 Å². The second kappa shape index (κ2) is 8.58. The summed E-state index contributed by atoms with van der Waals surface area (Å²) in [5.41, 5.74) is 2.46. The molecule has 154 valence electrons. The van der Waals surface area contributed by atoms with Crippen molar-refractivity contribution in [3.8, 4) is 11.1 Å². The van der Waals surface area contributed by atoms with Crippen LogP contribution in [0.2, 0.25) is 0 Å². The summed E-state index contributed by atoms with van der Waals surface area (Å²) in [6.45, 7) is 0.638. The third-order valence-corrected chi connectivity index (χ3v) is 4.74. The van der Waals surface area contributed by atoms with Crippen molar-refractivity contribution in [2.45, 2.75) is 6.54 Å². The van der Waals surface area contributed by atoms with Crippen LogP contribution in [0.1, 0.15) is 15.9 Å². The summed E-state index contributed by atoms with van der Waals surface area (Å²) < 4.78 is 15.4. The normalized spacial score (nSPS) is 10.6. The lowest BCUT2D eigenvalue weighted by Crippen LogP contribution is -2.13. The van der Waals surface area contributed by atoms with Gasteiger partial charge in [0.1, 0.15) is 0 Å². The zero-order chi connectivity index (χ0) is 21.8. The second-order valence-corrected chi connectivity index (χ2v) is 6.82. The number of halogens is 1. The number of aromatic nitrogens is 2. The smallest absolute Gasteiger partial charge is 0.306 e. The summed E-state index contributed by atoms with van der Waals surface area (Å²) in [7, 11) is 0. The number of carbonyl (C=O) groups is 1. The van der Waals surface area contributed by atoms with Gasteiger partial charge in [0, 0.05) is 29.7 Å². The molecular weight excluding hydrogens is 399 g/mol. The Hall–Kier alpha value is -4.33. The van der Waals surface area contributed by atoms with Crippen molar-refractivity contribution in [3.05, 3.63) is 112 Å². The fourth-order valence-electron chi connectivity index (χ4n) is 3.23. The van der Waals surface area contributed by atoms with Gasteiger partial charge in [-0.3, -0.25) is 19.6 Å². The van der Waals surface area contributed by atoms with E-state index >= 15 is 0 Å². The fourth-order valence-corrected chi connectivity index (χ4v) is 3.23. The van der Waals surface area contributed by atoms with Gasteiger partial charge in [-0.25, -0.2) is 0 Å². The van der Waals surface area contributed by atoms with Gasteiger partial charge in [0.25, 0.3) is 5.91 Å². The number of nitrogens with zero attached hydrogens (tertiary/aromatic N) is 3. The number of hydrogen-bond acceptors (Lipinski definition) is 4. The quantitative estimate of drug-likeness (QED) is 0.358. The zero-order valence-corrected chi connectivity index (χ0v) is 16.2. The first-order valence-corrected chi connectivity index (χ1v) is 9.42. The van der Waals surface area contributed by atoms with E-state index in [1.54, 1.807) is 18.3 Å². The van der Waals surface area contributed by atoms with Crippen LogP contribution in [0.4, 0.5) is 15.8 Å². The molecule has 4 rings (SSSR count). The molecule has 4 aromatic rings. The Balaban J connectivity index is 1.58. The van der Waals surface area contributed by atoms with Crippen molar-refractivity contribution in [1.82, 2.24) is 9.78 Å². The van der Waals surface area contributed by atoms with Gasteiger partial charge in [0.15, 0.2) is 0 Å². The van der Waals surface area contributed by atoms with E-state index in [1.165, 1.54) is 6.07 Å². The third kappa shape index (κ3) is 4.48. The molecule has 1 amide bonds. The Morgan fingerprint density at radius 1 is 1.06 bits per heavy atom. The number of benzene rings is 3. The summed E-state index contributed by atoms with van der Waals surface area (Å²) in [5.74, 6) is -1.41. The van der Waals surface area contributed by atoms with Gasteiger partial charge in [-0.1, -0.05) is 42.5 Å². The highest BCUT2D eigenvalue weighted by atomic mass is 19.1. The number of nitro benzene ring substituents is 1. The Morgan fingerprint density at radius 3 is 2.55 bits per heavy atom. The fraction of sp³-hybridized carbons (Fsp3) is 0.0435. The van der Waals surface area contributed by atoms with Gasteiger partial charge in [-0.05, 0) is 41.0 Å². The molecular formula is C23H17FN4O3. The highest BCUT2D eigenvalue weighted by Crippen LogP contribution is 2.26. The summed E-state index contributed by atoms with van der Waals surface area (Å²) in [4.78, 5) is 23.0. The van der Waals surface area contributed by atoms with Crippen LogP contribution < -0.4 is 5.32 Å². The number of nitro groups is 1. The summed E-state index contributed by atoms with van der Waals surface area (Å²) in [6.07, 6.45) is 3.60. The highest BCUT2D eigenvalue weighted by Gasteiger charge is 2.17. The van der Waals surface area contributed by atoms with Crippen LogP contribution in [0, 0.1) is 15.9 Å². The predicted molar refractivity (Wildman–Crippen MR) is 114 cm³/mol. The summed E-state index contributed by atoms with van der Waals surface area (Å²) in [6, 6.07) is 19.9. The Bertz CT molecular complexity index is 1240. The Kier molecular flexibility index (Phi) is 5.53. The summed E-state index contributed by atoms with van der Waals surface area (Å²) in [5, 5.41) is 17.7. The van der Waals surface area contributed by atoms with Crippen molar-refractivity contribution < 1.29 is 14.1 Å². The number of anilines is 1. The van der Waals surface area contributed by atoms with E-state index in [4.69, 9.17) is 0 Å². The van der Waals surface area contributed by atoms with Crippen molar-refractivity contribution in [2.24, 2.45) is 0 Å². The van der Waals surface area contributed by atoms with E-state index in [1.807, 2.05) is 53.3 Å². The molecule has 0 radical (unpaired) electrons. The molecule has 0 spiro atoms. The Morgan fingerprint density at radius 2 is 1.84 bits per heavy atom. The van der Waals surface area contributed by atoms with E-state index < -0.39 is 22.3 Å². The van der Waals surface area contributed by atoms with Crippen LogP contribution in [0.3, 0.4) is 0 Å². The lowest BCUT2D eigenvalue weighted by Gasteiger charge is -2.11. The first kappa shape index (κ1) is 20.0. The first-order valence-electron chi connectivity index (χ1n) is 9.42. The molecule has 0 atom stereocenters. The molecule has 3 aromatic carbocycles. The Labute approximate surface area is 176 Å². The molecule has 31 heavy (non-hydrogen) atoms. The van der Waals surface area contributed by atoms with Crippen LogP contribution >= 0.6 is 0 Å². The minimum Gasteiger partial charge on any atom is -0.322 e. The average molecular weight is 416 g/mol. The van der Waals surface area contributed by atoms with Crippen molar-refractivity contribution in [2.75, 3.05) is 5.32 Å². The zero-order valence-electron chi connectivity index (χ0n) is 16.2. The van der Waals surface area contributed by atoms with E-state index in [9.17, 15) is 19.3 Å². The van der Waals surface area contributed by atoms with Gasteiger partial charge in [-0.15, -0.1) is 0 Å². The minimum absolute atomic E-state index is 0.141. The molecule has 1 N–H and O–H groups in total. The van der Waals surface area contributed by atoms with Gasteiger partial charge in [-0.2, -0.15) is 9.49 Å². The lowest BCUT2D eigenvalue weighted by molar-refractivity contribution is -0.387. The molecule has 0 saturated heterocycles. The van der Waals surface area contributed by atoms with Gasteiger partial charge in [0.2, 0.25) is 5.82 Å². The van der Waals surface area contributed by atoms with E-state index in [0.717, 1.165) is 23.3 Å². The highest BCUT2D eigenvalue weighted by molar-refractivity contribution is 6.08. The first-order chi connectivity index (χ1) is 15.0. The lowest BCUT2D eigenvalue weighted by atomic mass is 9.98. The van der Waals surface area contributed by atoms with E-state index in [-0.39, 0.29) is 5.69 Å². The number of rotatable bonds is 6. The van der Waals surface area contributed by atoms with Gasteiger partial charge < -0.3 is 5.32 Å². The number of carbonyl (C=O) groups excluding carboxylic acids is 1. The molecule has 0 bridgehead atoms. The maximum Gasteiger partial charge on any atom is 0.306 e. The van der Waals surface area contributed by atoms with Crippen molar-refractivity contribution >= 4 is 17.3 Å². The SMILES string of the molecule is O=C(Nc1ccc(F)c([N+](=O)[O-])c1)c1ccccc1-c1ccc(Cn2cccn2)cc1. The maximum atomic E-state index is 13.6. The maximum absolute atomic E-state index is 13.6. The summed E-state index contributed by atoms with van der Waals surface area (Å²) >= 11 is 0. The van der Waals surface area contributed by atoms with Crippen LogP contribution in [-0.4, -0.2) is 20.6 Å². The molecule has 0 saturated carbocycles. The van der Waals surface area contributed by atoms with E-state index in [2.05, 4.69) is 10.4 Å². The van der Waals surface area contributed by atoms with Gasteiger partial charge >= 0.3 is 5.69 Å². The molecule has 0 aliphatic rings. The monoisotopic (exact) mass is 416 g/mol. The topological polar surface area (TPSA) is 90.1 Å². The molecule has 7 nitrogen and oxygen atoms in total. The van der Waals surface area contributed by atoms with Crippen LogP contribution in [-0.2, 0) is 6.54 Å². The second-order valence-electron chi connectivity index (χ2n) is 6.82. The van der Waals surface area contributed by atoms with Crippen molar-refractivity contribution in [3.63, 3.8) is 0 Å².